The van der Waals surface area contributed by atoms with Gasteiger partial charge in [0.05, 0.1) is 18.5 Å². The van der Waals surface area contributed by atoms with Gasteiger partial charge in [-0.25, -0.2) is 0 Å². The van der Waals surface area contributed by atoms with Crippen LogP contribution < -0.4 is 0 Å². The first kappa shape index (κ1) is 8.13. The molecule has 0 aliphatic heterocycles. The Morgan fingerprint density at radius 1 is 1.31 bits per heavy atom. The summed E-state index contributed by atoms with van der Waals surface area (Å²) in [6.07, 6.45) is 1.76. The Kier molecular flexibility index (Phi) is 2.19. The lowest BCUT2D eigenvalue weighted by atomic mass is 10.1. The molecule has 0 atom stereocenters. The Morgan fingerprint density at radius 3 is 3.00 bits per heavy atom. The fourth-order valence-electron chi connectivity index (χ4n) is 1.33. The summed E-state index contributed by atoms with van der Waals surface area (Å²) >= 11 is 0. The fourth-order valence-corrected chi connectivity index (χ4v) is 1.33. The van der Waals surface area contributed by atoms with Gasteiger partial charge in [-0.15, -0.1) is 0 Å². The average molecular weight is 174 g/mol. The molecule has 3 heteroatoms. The highest BCUT2D eigenvalue weighted by Gasteiger charge is 2.00. The average Bonchev–Trinajstić information content (AvgIpc) is 2.19. The lowest BCUT2D eigenvalue weighted by Crippen LogP contribution is -1.95. The maximum atomic E-state index is 5.03. The quantitative estimate of drug-likeness (QED) is 0.696. The molecule has 0 aliphatic carbocycles. The monoisotopic (exact) mass is 174 g/mol. The van der Waals surface area contributed by atoms with Gasteiger partial charge < -0.3 is 4.74 Å². The standard InChI is InChI=1S/C10H10N2O/c1-13-7-10-9-5-3-2-4-8(9)6-11-12-10/h2-6H,7H2,1H3. The van der Waals surface area contributed by atoms with E-state index in [0.29, 0.717) is 6.61 Å². The van der Waals surface area contributed by atoms with Gasteiger partial charge in [-0.1, -0.05) is 24.3 Å². The van der Waals surface area contributed by atoms with Gasteiger partial charge in [0.25, 0.3) is 0 Å². The van der Waals surface area contributed by atoms with Crippen molar-refractivity contribution in [3.8, 4) is 0 Å². The molecule has 2 aromatic rings. The summed E-state index contributed by atoms with van der Waals surface area (Å²) in [7, 11) is 1.66. The van der Waals surface area contributed by atoms with Crippen molar-refractivity contribution in [3.05, 3.63) is 36.2 Å². The number of rotatable bonds is 2. The first-order valence-corrected chi connectivity index (χ1v) is 4.10. The Hall–Kier alpha value is -1.48. The molecule has 0 saturated carbocycles. The first-order chi connectivity index (χ1) is 6.42. The van der Waals surface area contributed by atoms with Gasteiger partial charge in [0, 0.05) is 17.9 Å². The molecule has 13 heavy (non-hydrogen) atoms. The third-order valence-electron chi connectivity index (χ3n) is 1.93. The molecule has 0 spiro atoms. The maximum absolute atomic E-state index is 5.03. The van der Waals surface area contributed by atoms with Crippen molar-refractivity contribution in [2.45, 2.75) is 6.61 Å². The zero-order chi connectivity index (χ0) is 9.10. The minimum Gasteiger partial charge on any atom is -0.378 e. The lowest BCUT2D eigenvalue weighted by molar-refractivity contribution is 0.182. The van der Waals surface area contributed by atoms with E-state index in [1.165, 1.54) is 0 Å². The molecule has 66 valence electrons. The van der Waals surface area contributed by atoms with Crippen molar-refractivity contribution < 1.29 is 4.74 Å². The van der Waals surface area contributed by atoms with Crippen LogP contribution in [-0.2, 0) is 11.3 Å². The van der Waals surface area contributed by atoms with Crippen LogP contribution in [0.4, 0.5) is 0 Å². The van der Waals surface area contributed by atoms with Crippen LogP contribution in [0.15, 0.2) is 30.5 Å². The van der Waals surface area contributed by atoms with Crippen molar-refractivity contribution in [1.82, 2.24) is 10.2 Å². The predicted molar refractivity (Wildman–Crippen MR) is 50.3 cm³/mol. The van der Waals surface area contributed by atoms with Crippen LogP contribution in [0, 0.1) is 0 Å². The van der Waals surface area contributed by atoms with E-state index in [0.717, 1.165) is 16.5 Å². The van der Waals surface area contributed by atoms with Crippen LogP contribution in [0.25, 0.3) is 10.8 Å². The van der Waals surface area contributed by atoms with E-state index in [1.807, 2.05) is 24.3 Å². The molecule has 0 unspecified atom stereocenters. The largest absolute Gasteiger partial charge is 0.378 e. The fraction of sp³-hybridized carbons (Fsp3) is 0.200. The second kappa shape index (κ2) is 3.49. The van der Waals surface area contributed by atoms with Gasteiger partial charge in [-0.3, -0.25) is 0 Å². The molecule has 1 aromatic heterocycles. The molecule has 0 radical (unpaired) electrons. The number of benzene rings is 1. The highest BCUT2D eigenvalue weighted by Crippen LogP contribution is 2.15. The number of fused-ring (bicyclic) bond motifs is 1. The number of hydrogen-bond acceptors (Lipinski definition) is 3. The first-order valence-electron chi connectivity index (χ1n) is 4.10. The second-order valence-corrected chi connectivity index (χ2v) is 2.81. The Labute approximate surface area is 76.4 Å². The summed E-state index contributed by atoms with van der Waals surface area (Å²) in [6, 6.07) is 8.02. The molecule has 0 fully saturated rings. The van der Waals surface area contributed by atoms with Crippen LogP contribution in [-0.4, -0.2) is 17.3 Å². The summed E-state index contributed by atoms with van der Waals surface area (Å²) in [5.41, 5.74) is 0.889. The van der Waals surface area contributed by atoms with Crippen molar-refractivity contribution >= 4 is 10.8 Å². The van der Waals surface area contributed by atoms with E-state index in [-0.39, 0.29) is 0 Å². The highest BCUT2D eigenvalue weighted by atomic mass is 16.5. The van der Waals surface area contributed by atoms with Crippen molar-refractivity contribution in [2.24, 2.45) is 0 Å². The van der Waals surface area contributed by atoms with E-state index in [9.17, 15) is 0 Å². The topological polar surface area (TPSA) is 35.0 Å². The number of ether oxygens (including phenoxy) is 1. The molecular weight excluding hydrogens is 164 g/mol. The SMILES string of the molecule is COCc1nncc2ccccc12. The Balaban J connectivity index is 2.61. The van der Waals surface area contributed by atoms with E-state index < -0.39 is 0 Å². The van der Waals surface area contributed by atoms with E-state index in [4.69, 9.17) is 4.74 Å². The Bertz CT molecular complexity index is 409. The molecule has 0 bridgehead atoms. The third kappa shape index (κ3) is 1.51. The van der Waals surface area contributed by atoms with Crippen molar-refractivity contribution in [1.29, 1.82) is 0 Å². The van der Waals surface area contributed by atoms with Crippen molar-refractivity contribution in [2.75, 3.05) is 7.11 Å². The molecule has 0 amide bonds. The highest BCUT2D eigenvalue weighted by molar-refractivity contribution is 5.83. The van der Waals surface area contributed by atoms with Gasteiger partial charge in [0.2, 0.25) is 0 Å². The normalized spacial score (nSPS) is 10.5. The van der Waals surface area contributed by atoms with Crippen molar-refractivity contribution in [3.63, 3.8) is 0 Å². The summed E-state index contributed by atoms with van der Waals surface area (Å²) in [5, 5.41) is 10.1. The minimum atomic E-state index is 0.508. The summed E-state index contributed by atoms with van der Waals surface area (Å²) in [5.74, 6) is 0. The summed E-state index contributed by atoms with van der Waals surface area (Å²) in [6.45, 7) is 0.508. The van der Waals surface area contributed by atoms with Crippen LogP contribution in [0.1, 0.15) is 5.69 Å². The van der Waals surface area contributed by atoms with Crippen LogP contribution >= 0.6 is 0 Å². The van der Waals surface area contributed by atoms with Crippen LogP contribution in [0.2, 0.25) is 0 Å². The number of hydrogen-bond donors (Lipinski definition) is 0. The zero-order valence-corrected chi connectivity index (χ0v) is 7.40. The van der Waals surface area contributed by atoms with Gasteiger partial charge in [-0.2, -0.15) is 10.2 Å². The molecule has 1 aromatic carbocycles. The molecule has 0 aliphatic rings. The van der Waals surface area contributed by atoms with Gasteiger partial charge in [0.1, 0.15) is 0 Å². The van der Waals surface area contributed by atoms with E-state index in [1.54, 1.807) is 13.3 Å². The molecule has 3 nitrogen and oxygen atoms in total. The molecule has 1 heterocycles. The van der Waals surface area contributed by atoms with E-state index in [2.05, 4.69) is 10.2 Å². The molecule has 2 rings (SSSR count). The second-order valence-electron chi connectivity index (χ2n) is 2.81. The van der Waals surface area contributed by atoms with Gasteiger partial charge in [0.15, 0.2) is 0 Å². The zero-order valence-electron chi connectivity index (χ0n) is 7.40. The molecular formula is C10H10N2O. The van der Waals surface area contributed by atoms with Gasteiger partial charge >= 0.3 is 0 Å². The smallest absolute Gasteiger partial charge is 0.0966 e. The molecule has 0 N–H and O–H groups in total. The van der Waals surface area contributed by atoms with E-state index >= 15 is 0 Å². The summed E-state index contributed by atoms with van der Waals surface area (Å²) < 4.78 is 5.03. The van der Waals surface area contributed by atoms with Crippen LogP contribution in [0.5, 0.6) is 0 Å². The number of aromatic nitrogens is 2. The third-order valence-corrected chi connectivity index (χ3v) is 1.93. The van der Waals surface area contributed by atoms with Crippen LogP contribution in [0.3, 0.4) is 0 Å². The Morgan fingerprint density at radius 2 is 2.15 bits per heavy atom. The lowest BCUT2D eigenvalue weighted by Gasteiger charge is -2.01. The summed E-state index contributed by atoms with van der Waals surface area (Å²) in [4.78, 5) is 0. The number of methoxy groups -OCH3 is 1. The predicted octanol–water partition coefficient (Wildman–Crippen LogP) is 1.78. The maximum Gasteiger partial charge on any atom is 0.0966 e. The molecule has 0 saturated heterocycles. The minimum absolute atomic E-state index is 0.508. The number of nitrogens with zero attached hydrogens (tertiary/aromatic N) is 2. The van der Waals surface area contributed by atoms with Gasteiger partial charge in [-0.05, 0) is 0 Å².